The molecule has 0 aliphatic rings. The molecule has 0 saturated carbocycles. The molecule has 12 heavy (non-hydrogen) atoms. The molecule has 2 heteroatoms. The summed E-state index contributed by atoms with van der Waals surface area (Å²) in [5.74, 6) is 0. The molecule has 74 valence electrons. The quantitative estimate of drug-likeness (QED) is 0.552. The molecule has 0 aromatic heterocycles. The molecule has 0 spiro atoms. The first kappa shape index (κ1) is 11.9. The summed E-state index contributed by atoms with van der Waals surface area (Å²) in [5.41, 5.74) is 0. The van der Waals surface area contributed by atoms with Crippen LogP contribution in [0, 0.1) is 0 Å². The van der Waals surface area contributed by atoms with Crippen molar-refractivity contribution in [3.63, 3.8) is 0 Å². The molecule has 0 amide bonds. The Morgan fingerprint density at radius 1 is 1.17 bits per heavy atom. The van der Waals surface area contributed by atoms with Crippen molar-refractivity contribution < 1.29 is 9.47 Å². The fourth-order valence-electron chi connectivity index (χ4n) is 1.05. The van der Waals surface area contributed by atoms with Crippen LogP contribution in [-0.4, -0.2) is 19.0 Å². The van der Waals surface area contributed by atoms with Gasteiger partial charge in [0.05, 0.1) is 6.10 Å². The third kappa shape index (κ3) is 6.62. The normalized spacial score (nSPS) is 13.8. The van der Waals surface area contributed by atoms with E-state index >= 15 is 0 Å². The van der Waals surface area contributed by atoms with Crippen LogP contribution in [0.25, 0.3) is 0 Å². The van der Waals surface area contributed by atoms with E-state index in [1.165, 1.54) is 12.8 Å². The van der Waals surface area contributed by atoms with Gasteiger partial charge in [-0.15, -0.1) is 0 Å². The summed E-state index contributed by atoms with van der Waals surface area (Å²) >= 11 is 0. The van der Waals surface area contributed by atoms with E-state index in [0.29, 0.717) is 0 Å². The molecule has 0 saturated heterocycles. The van der Waals surface area contributed by atoms with Crippen LogP contribution < -0.4 is 0 Å². The number of hydrogen-bond acceptors (Lipinski definition) is 2. The minimum atomic E-state index is 0.00921. The highest BCUT2D eigenvalue weighted by atomic mass is 16.7. The first-order chi connectivity index (χ1) is 5.70. The lowest BCUT2D eigenvalue weighted by Gasteiger charge is -2.19. The van der Waals surface area contributed by atoms with E-state index in [9.17, 15) is 0 Å². The van der Waals surface area contributed by atoms with Crippen LogP contribution >= 0.6 is 0 Å². The standard InChI is InChI=1S/C10H22O2/c1-5-7-8-10(11-6-2)12-9(3)4/h9-10H,5-8H2,1-4H3. The third-order valence-electron chi connectivity index (χ3n) is 1.57. The summed E-state index contributed by atoms with van der Waals surface area (Å²) in [6.07, 6.45) is 3.67. The molecule has 0 rings (SSSR count). The fraction of sp³-hybridized carbons (Fsp3) is 1.00. The molecule has 0 aromatic rings. The molecular formula is C10H22O2. The Balaban J connectivity index is 3.54. The smallest absolute Gasteiger partial charge is 0.157 e. The molecule has 0 heterocycles. The number of unbranched alkanes of at least 4 members (excludes halogenated alkanes) is 1. The summed E-state index contributed by atoms with van der Waals surface area (Å²) in [6.45, 7) is 9.00. The molecule has 0 aliphatic carbocycles. The van der Waals surface area contributed by atoms with Crippen LogP contribution in [-0.2, 0) is 9.47 Å². The van der Waals surface area contributed by atoms with Gasteiger partial charge in [0.2, 0.25) is 0 Å². The molecule has 0 fully saturated rings. The molecule has 0 radical (unpaired) electrons. The average molecular weight is 174 g/mol. The van der Waals surface area contributed by atoms with E-state index in [1.54, 1.807) is 0 Å². The Hall–Kier alpha value is -0.0800. The SMILES string of the molecule is CCCCC(OCC)OC(C)C. The van der Waals surface area contributed by atoms with Gasteiger partial charge in [-0.25, -0.2) is 0 Å². The lowest BCUT2D eigenvalue weighted by molar-refractivity contribution is -0.163. The van der Waals surface area contributed by atoms with E-state index < -0.39 is 0 Å². The van der Waals surface area contributed by atoms with Crippen molar-refractivity contribution >= 4 is 0 Å². The average Bonchev–Trinajstić information content (AvgIpc) is 2.00. The van der Waals surface area contributed by atoms with Gasteiger partial charge in [-0.3, -0.25) is 0 Å². The summed E-state index contributed by atoms with van der Waals surface area (Å²) in [7, 11) is 0. The maximum Gasteiger partial charge on any atom is 0.157 e. The van der Waals surface area contributed by atoms with Crippen molar-refractivity contribution in [3.05, 3.63) is 0 Å². The molecule has 2 nitrogen and oxygen atoms in total. The van der Waals surface area contributed by atoms with E-state index in [4.69, 9.17) is 9.47 Å². The first-order valence-corrected chi connectivity index (χ1v) is 4.97. The minimum Gasteiger partial charge on any atom is -0.353 e. The van der Waals surface area contributed by atoms with Crippen molar-refractivity contribution in [2.24, 2.45) is 0 Å². The third-order valence-corrected chi connectivity index (χ3v) is 1.57. The van der Waals surface area contributed by atoms with Crippen molar-refractivity contribution in [3.8, 4) is 0 Å². The highest BCUT2D eigenvalue weighted by Gasteiger charge is 2.09. The van der Waals surface area contributed by atoms with Gasteiger partial charge in [0.1, 0.15) is 0 Å². The Kier molecular flexibility index (Phi) is 7.51. The second kappa shape index (κ2) is 7.56. The Labute approximate surface area is 76.3 Å². The van der Waals surface area contributed by atoms with E-state index in [0.717, 1.165) is 13.0 Å². The van der Waals surface area contributed by atoms with Gasteiger partial charge < -0.3 is 9.47 Å². The van der Waals surface area contributed by atoms with Gasteiger partial charge in [-0.05, 0) is 33.6 Å². The van der Waals surface area contributed by atoms with E-state index in [2.05, 4.69) is 6.92 Å². The topological polar surface area (TPSA) is 18.5 Å². The number of ether oxygens (including phenoxy) is 2. The van der Waals surface area contributed by atoms with E-state index in [-0.39, 0.29) is 12.4 Å². The van der Waals surface area contributed by atoms with Gasteiger partial charge in [-0.2, -0.15) is 0 Å². The highest BCUT2D eigenvalue weighted by Crippen LogP contribution is 2.08. The molecule has 0 N–H and O–H groups in total. The maximum atomic E-state index is 5.57. The van der Waals surface area contributed by atoms with Gasteiger partial charge >= 0.3 is 0 Å². The monoisotopic (exact) mass is 174 g/mol. The predicted molar refractivity (Wildman–Crippen MR) is 51.2 cm³/mol. The first-order valence-electron chi connectivity index (χ1n) is 4.97. The van der Waals surface area contributed by atoms with Crippen molar-refractivity contribution in [1.82, 2.24) is 0 Å². The summed E-state index contributed by atoms with van der Waals surface area (Å²) in [5, 5.41) is 0. The van der Waals surface area contributed by atoms with Crippen LogP contribution in [0.1, 0.15) is 47.0 Å². The van der Waals surface area contributed by atoms with E-state index in [1.807, 2.05) is 20.8 Å². The second-order valence-electron chi connectivity index (χ2n) is 3.21. The molecule has 0 bridgehead atoms. The summed E-state index contributed by atoms with van der Waals surface area (Å²) in [6, 6.07) is 0. The molecule has 0 aromatic carbocycles. The maximum absolute atomic E-state index is 5.57. The number of hydrogen-bond donors (Lipinski definition) is 0. The van der Waals surface area contributed by atoms with Crippen LogP contribution in [0.5, 0.6) is 0 Å². The zero-order chi connectivity index (χ0) is 9.40. The van der Waals surface area contributed by atoms with Crippen LogP contribution in [0.2, 0.25) is 0 Å². The molecule has 1 unspecified atom stereocenters. The van der Waals surface area contributed by atoms with Gasteiger partial charge in [0.15, 0.2) is 6.29 Å². The Morgan fingerprint density at radius 3 is 2.25 bits per heavy atom. The molecule has 0 aliphatic heterocycles. The summed E-state index contributed by atoms with van der Waals surface area (Å²) in [4.78, 5) is 0. The van der Waals surface area contributed by atoms with Gasteiger partial charge in [0.25, 0.3) is 0 Å². The van der Waals surface area contributed by atoms with Crippen molar-refractivity contribution in [2.75, 3.05) is 6.61 Å². The Bertz CT molecular complexity index is 91.8. The van der Waals surface area contributed by atoms with Crippen LogP contribution in [0.4, 0.5) is 0 Å². The number of rotatable bonds is 7. The zero-order valence-corrected chi connectivity index (χ0v) is 8.80. The largest absolute Gasteiger partial charge is 0.353 e. The predicted octanol–water partition coefficient (Wildman–Crippen LogP) is 2.96. The lowest BCUT2D eigenvalue weighted by Crippen LogP contribution is -2.21. The molecular weight excluding hydrogens is 152 g/mol. The lowest BCUT2D eigenvalue weighted by atomic mass is 10.2. The second-order valence-corrected chi connectivity index (χ2v) is 3.21. The fourth-order valence-corrected chi connectivity index (χ4v) is 1.05. The minimum absolute atomic E-state index is 0.00921. The van der Waals surface area contributed by atoms with Crippen molar-refractivity contribution in [2.45, 2.75) is 59.4 Å². The van der Waals surface area contributed by atoms with Crippen LogP contribution in [0.15, 0.2) is 0 Å². The summed E-state index contributed by atoms with van der Waals surface area (Å²) < 4.78 is 11.0. The highest BCUT2D eigenvalue weighted by molar-refractivity contribution is 4.48. The van der Waals surface area contributed by atoms with Gasteiger partial charge in [-0.1, -0.05) is 13.3 Å². The molecule has 1 atom stereocenters. The van der Waals surface area contributed by atoms with Crippen molar-refractivity contribution in [1.29, 1.82) is 0 Å². The zero-order valence-electron chi connectivity index (χ0n) is 8.80. The Morgan fingerprint density at radius 2 is 1.83 bits per heavy atom. The van der Waals surface area contributed by atoms with Gasteiger partial charge in [0, 0.05) is 6.61 Å². The van der Waals surface area contributed by atoms with Crippen LogP contribution in [0.3, 0.4) is 0 Å².